The van der Waals surface area contributed by atoms with Crippen LogP contribution in [0.25, 0.3) is 0 Å². The second-order valence-electron chi connectivity index (χ2n) is 13.4. The number of carbonyl (C=O) groups excluding carboxylic acids is 1. The standard InChI is InChI=1S/C36H68O.C6H13NO/c1-4-6-8-10-12-14-16-18-20-21-23-25-27-29-31-33-35-36(37-3)34-32-30-28-26-24-22-19-17-15-13-11-9-7-5-2;1-7(2)5-3-4-6-8/h12,14,17-20,36H,4-11,13,15-16,21-35H2,1-3H3;6H,3-5H2,1-2H3/b14-12-,19-17+,20-18-;. The highest BCUT2D eigenvalue weighted by atomic mass is 16.5. The molecule has 0 aromatic carbocycles. The van der Waals surface area contributed by atoms with E-state index in [1.165, 1.54) is 161 Å². The molecular formula is C42H81NO2. The lowest BCUT2D eigenvalue weighted by Gasteiger charge is -2.15. The van der Waals surface area contributed by atoms with Gasteiger partial charge in [0.25, 0.3) is 0 Å². The molecule has 0 bridgehead atoms. The van der Waals surface area contributed by atoms with Crippen LogP contribution in [0.3, 0.4) is 0 Å². The van der Waals surface area contributed by atoms with Gasteiger partial charge < -0.3 is 14.4 Å². The normalized spacial score (nSPS) is 12.5. The van der Waals surface area contributed by atoms with Gasteiger partial charge in [-0.25, -0.2) is 0 Å². The Labute approximate surface area is 284 Å². The molecule has 266 valence electrons. The lowest BCUT2D eigenvalue weighted by Crippen LogP contribution is -2.12. The number of carbonyl (C=O) groups is 1. The van der Waals surface area contributed by atoms with Crippen LogP contribution in [0.2, 0.25) is 0 Å². The van der Waals surface area contributed by atoms with Crippen molar-refractivity contribution in [3.05, 3.63) is 36.5 Å². The first-order chi connectivity index (χ1) is 22.1. The topological polar surface area (TPSA) is 29.5 Å². The van der Waals surface area contributed by atoms with Crippen LogP contribution in [0.5, 0.6) is 0 Å². The van der Waals surface area contributed by atoms with Crippen LogP contribution in [0.4, 0.5) is 0 Å². The van der Waals surface area contributed by atoms with E-state index in [9.17, 15) is 4.79 Å². The predicted octanol–water partition coefficient (Wildman–Crippen LogP) is 13.4. The van der Waals surface area contributed by atoms with Gasteiger partial charge in [-0.05, 0) is 97.7 Å². The number of rotatable bonds is 34. The third-order valence-electron chi connectivity index (χ3n) is 8.53. The summed E-state index contributed by atoms with van der Waals surface area (Å²) in [6, 6.07) is 0. The molecule has 45 heavy (non-hydrogen) atoms. The maximum Gasteiger partial charge on any atom is 0.120 e. The maximum absolute atomic E-state index is 9.77. The first kappa shape index (κ1) is 45.9. The molecule has 1 atom stereocenters. The molecular weight excluding hydrogens is 550 g/mol. The fraction of sp³-hybridized carbons (Fsp3) is 0.833. The zero-order valence-corrected chi connectivity index (χ0v) is 31.4. The molecule has 0 fully saturated rings. The summed E-state index contributed by atoms with van der Waals surface area (Å²) in [6.45, 7) is 5.57. The summed E-state index contributed by atoms with van der Waals surface area (Å²) >= 11 is 0. The van der Waals surface area contributed by atoms with Crippen LogP contribution in [0, 0.1) is 0 Å². The van der Waals surface area contributed by atoms with Gasteiger partial charge in [0, 0.05) is 13.5 Å². The fourth-order valence-corrected chi connectivity index (χ4v) is 5.50. The third kappa shape index (κ3) is 45.0. The fourth-order valence-electron chi connectivity index (χ4n) is 5.50. The van der Waals surface area contributed by atoms with Gasteiger partial charge in [-0.3, -0.25) is 0 Å². The molecule has 3 heteroatoms. The van der Waals surface area contributed by atoms with Crippen molar-refractivity contribution in [1.82, 2.24) is 4.90 Å². The minimum Gasteiger partial charge on any atom is -0.381 e. The molecule has 3 nitrogen and oxygen atoms in total. The van der Waals surface area contributed by atoms with Crippen molar-refractivity contribution >= 4 is 6.29 Å². The average Bonchev–Trinajstić information content (AvgIpc) is 3.04. The van der Waals surface area contributed by atoms with Crippen molar-refractivity contribution in [2.75, 3.05) is 27.7 Å². The third-order valence-corrected chi connectivity index (χ3v) is 8.53. The van der Waals surface area contributed by atoms with Gasteiger partial charge in [-0.15, -0.1) is 0 Å². The molecule has 0 spiro atoms. The molecule has 0 N–H and O–H groups in total. The van der Waals surface area contributed by atoms with E-state index >= 15 is 0 Å². The van der Waals surface area contributed by atoms with Gasteiger partial charge in [0.2, 0.25) is 0 Å². The van der Waals surface area contributed by atoms with Gasteiger partial charge in [0.15, 0.2) is 0 Å². The number of ether oxygens (including phenoxy) is 1. The second-order valence-corrected chi connectivity index (χ2v) is 13.4. The Balaban J connectivity index is 0. The molecule has 0 saturated carbocycles. The van der Waals surface area contributed by atoms with E-state index < -0.39 is 0 Å². The van der Waals surface area contributed by atoms with Gasteiger partial charge in [-0.2, -0.15) is 0 Å². The van der Waals surface area contributed by atoms with Crippen molar-refractivity contribution in [3.8, 4) is 0 Å². The number of methoxy groups -OCH3 is 1. The molecule has 0 amide bonds. The molecule has 0 radical (unpaired) electrons. The summed E-state index contributed by atoms with van der Waals surface area (Å²) in [5.74, 6) is 0. The number of nitrogens with zero attached hydrogens (tertiary/aromatic N) is 1. The summed E-state index contributed by atoms with van der Waals surface area (Å²) < 4.78 is 5.77. The van der Waals surface area contributed by atoms with Gasteiger partial charge in [-0.1, -0.05) is 147 Å². The van der Waals surface area contributed by atoms with Crippen molar-refractivity contribution in [2.45, 2.75) is 200 Å². The monoisotopic (exact) mass is 632 g/mol. The largest absolute Gasteiger partial charge is 0.381 e. The van der Waals surface area contributed by atoms with Crippen LogP contribution in [-0.2, 0) is 9.53 Å². The van der Waals surface area contributed by atoms with Crippen molar-refractivity contribution in [1.29, 1.82) is 0 Å². The molecule has 0 aromatic rings. The summed E-state index contributed by atoms with van der Waals surface area (Å²) in [5.41, 5.74) is 0. The maximum atomic E-state index is 9.77. The molecule has 0 saturated heterocycles. The van der Waals surface area contributed by atoms with Crippen molar-refractivity contribution in [3.63, 3.8) is 0 Å². The summed E-state index contributed by atoms with van der Waals surface area (Å²) in [7, 11) is 5.92. The SMILES string of the molecule is CCCCC/C=C\C/C=C\CCCCCCCCC(CCCCCCC/C=C/CCCCCCC)OC.CN(C)CCCC=O. The van der Waals surface area contributed by atoms with Crippen LogP contribution in [0.1, 0.15) is 194 Å². The molecule has 0 aliphatic rings. The second kappa shape index (κ2) is 42.8. The number of allylic oxidation sites excluding steroid dienone is 6. The molecule has 0 rings (SSSR count). The summed E-state index contributed by atoms with van der Waals surface area (Å²) in [5, 5.41) is 0. The minimum absolute atomic E-state index is 0.492. The van der Waals surface area contributed by atoms with Crippen LogP contribution < -0.4 is 0 Å². The van der Waals surface area contributed by atoms with E-state index in [4.69, 9.17) is 4.74 Å². The Morgan fingerprint density at radius 1 is 0.489 bits per heavy atom. The molecule has 0 aliphatic carbocycles. The highest BCUT2D eigenvalue weighted by Crippen LogP contribution is 2.16. The lowest BCUT2D eigenvalue weighted by molar-refractivity contribution is -0.107. The number of hydrogen-bond acceptors (Lipinski definition) is 3. The highest BCUT2D eigenvalue weighted by molar-refractivity contribution is 5.48. The Morgan fingerprint density at radius 2 is 0.867 bits per heavy atom. The van der Waals surface area contributed by atoms with Crippen LogP contribution in [-0.4, -0.2) is 45.0 Å². The van der Waals surface area contributed by atoms with E-state index in [1.807, 2.05) is 21.2 Å². The van der Waals surface area contributed by atoms with E-state index in [2.05, 4.69) is 55.2 Å². The molecule has 0 aliphatic heterocycles. The Kier molecular flexibility index (Phi) is 43.7. The van der Waals surface area contributed by atoms with Crippen molar-refractivity contribution in [2.24, 2.45) is 0 Å². The zero-order valence-electron chi connectivity index (χ0n) is 31.4. The Hall–Kier alpha value is -1.19. The lowest BCUT2D eigenvalue weighted by atomic mass is 10.0. The first-order valence-electron chi connectivity index (χ1n) is 19.7. The summed E-state index contributed by atoms with van der Waals surface area (Å²) in [6.07, 6.45) is 52.2. The van der Waals surface area contributed by atoms with Crippen LogP contribution in [0.15, 0.2) is 36.5 Å². The van der Waals surface area contributed by atoms with Gasteiger partial charge >= 0.3 is 0 Å². The zero-order chi connectivity index (χ0) is 33.3. The van der Waals surface area contributed by atoms with E-state index in [-0.39, 0.29) is 0 Å². The number of unbranched alkanes of at least 4 members (excludes halogenated alkanes) is 20. The number of hydrogen-bond donors (Lipinski definition) is 0. The molecule has 0 aromatic heterocycles. The highest BCUT2D eigenvalue weighted by Gasteiger charge is 2.06. The summed E-state index contributed by atoms with van der Waals surface area (Å²) in [4.78, 5) is 11.8. The average molecular weight is 632 g/mol. The van der Waals surface area contributed by atoms with E-state index in [1.54, 1.807) is 0 Å². The Morgan fingerprint density at radius 3 is 1.29 bits per heavy atom. The van der Waals surface area contributed by atoms with Crippen LogP contribution >= 0.6 is 0 Å². The molecule has 1 unspecified atom stereocenters. The Bertz CT molecular complexity index is 624. The smallest absolute Gasteiger partial charge is 0.120 e. The van der Waals surface area contributed by atoms with Gasteiger partial charge in [0.05, 0.1) is 6.10 Å². The number of aldehydes is 1. The van der Waals surface area contributed by atoms with E-state index in [0.29, 0.717) is 12.5 Å². The quantitative estimate of drug-likeness (QED) is 0.0402. The predicted molar refractivity (Wildman–Crippen MR) is 203 cm³/mol. The minimum atomic E-state index is 0.492. The molecule has 0 heterocycles. The first-order valence-corrected chi connectivity index (χ1v) is 19.7. The van der Waals surface area contributed by atoms with E-state index in [0.717, 1.165) is 25.7 Å². The van der Waals surface area contributed by atoms with Crippen molar-refractivity contribution < 1.29 is 9.53 Å². The van der Waals surface area contributed by atoms with Gasteiger partial charge in [0.1, 0.15) is 6.29 Å².